The van der Waals surface area contributed by atoms with Gasteiger partial charge in [-0.25, -0.2) is 0 Å². The van der Waals surface area contributed by atoms with Gasteiger partial charge < -0.3 is 0 Å². The Morgan fingerprint density at radius 3 is 2.24 bits per heavy atom. The lowest BCUT2D eigenvalue weighted by molar-refractivity contribution is -0.116. The second-order valence-electron chi connectivity index (χ2n) is 6.61. The summed E-state index contributed by atoms with van der Waals surface area (Å²) < 4.78 is 0. The highest BCUT2D eigenvalue weighted by atomic mass is 16.2. The summed E-state index contributed by atoms with van der Waals surface area (Å²) in [4.78, 5) is 36.4. The number of rotatable bonds is 3. The van der Waals surface area contributed by atoms with Crippen LogP contribution in [-0.4, -0.2) is 17.3 Å². The first-order chi connectivity index (χ1) is 9.81. The summed E-state index contributed by atoms with van der Waals surface area (Å²) in [6, 6.07) is 6.52. The third-order valence-corrected chi connectivity index (χ3v) is 3.62. The van der Waals surface area contributed by atoms with Gasteiger partial charge in [-0.2, -0.15) is 0 Å². The van der Waals surface area contributed by atoms with E-state index >= 15 is 0 Å². The number of fused-ring (bicyclic) bond motifs is 1. The minimum atomic E-state index is -0.952. The Labute approximate surface area is 125 Å². The Hall–Kier alpha value is -2.03. The molecule has 0 heterocycles. The highest BCUT2D eigenvalue weighted by Gasteiger charge is 2.38. The van der Waals surface area contributed by atoms with Crippen molar-refractivity contribution in [1.82, 2.24) is 0 Å². The molecule has 3 nitrogen and oxygen atoms in total. The fraction of sp³-hybridized carbons (Fsp3) is 0.389. The first-order valence-corrected chi connectivity index (χ1v) is 7.20. The van der Waals surface area contributed by atoms with Crippen LogP contribution in [0.5, 0.6) is 0 Å². The topological polar surface area (TPSA) is 51.2 Å². The van der Waals surface area contributed by atoms with Gasteiger partial charge >= 0.3 is 0 Å². The average molecular weight is 284 g/mol. The molecule has 0 saturated carbocycles. The van der Waals surface area contributed by atoms with Gasteiger partial charge in [0.05, 0.1) is 0 Å². The van der Waals surface area contributed by atoms with Gasteiger partial charge in [-0.05, 0) is 18.3 Å². The van der Waals surface area contributed by atoms with E-state index in [9.17, 15) is 14.4 Å². The van der Waals surface area contributed by atoms with Crippen molar-refractivity contribution < 1.29 is 14.4 Å². The van der Waals surface area contributed by atoms with E-state index in [1.807, 2.05) is 6.08 Å². The van der Waals surface area contributed by atoms with Crippen LogP contribution in [0.25, 0.3) is 0 Å². The summed E-state index contributed by atoms with van der Waals surface area (Å²) >= 11 is 0. The zero-order chi connectivity index (χ0) is 15.6. The van der Waals surface area contributed by atoms with E-state index in [-0.39, 0.29) is 16.8 Å². The van der Waals surface area contributed by atoms with Gasteiger partial charge in [0.25, 0.3) is 0 Å². The van der Waals surface area contributed by atoms with Crippen molar-refractivity contribution in [3.63, 3.8) is 0 Å². The van der Waals surface area contributed by atoms with Crippen LogP contribution in [0.4, 0.5) is 0 Å². The summed E-state index contributed by atoms with van der Waals surface area (Å²) in [7, 11) is 0. The molecule has 1 unspecified atom stereocenters. The smallest absolute Gasteiger partial charge is 0.230 e. The minimum absolute atomic E-state index is 0.202. The Bertz CT molecular complexity index is 618. The lowest BCUT2D eigenvalue weighted by Crippen LogP contribution is -2.35. The first-order valence-electron chi connectivity index (χ1n) is 7.20. The second kappa shape index (κ2) is 5.76. The maximum Gasteiger partial charge on any atom is 0.230 e. The van der Waals surface area contributed by atoms with E-state index in [4.69, 9.17) is 0 Å². The normalized spacial score (nSPS) is 19.2. The van der Waals surface area contributed by atoms with Crippen molar-refractivity contribution in [2.45, 2.75) is 33.6 Å². The Kier molecular flexibility index (Phi) is 4.21. The van der Waals surface area contributed by atoms with Gasteiger partial charge in [0, 0.05) is 11.1 Å². The summed E-state index contributed by atoms with van der Waals surface area (Å²) in [6.45, 7) is 6.41. The highest BCUT2D eigenvalue weighted by Crippen LogP contribution is 2.25. The van der Waals surface area contributed by atoms with Crippen LogP contribution < -0.4 is 0 Å². The Morgan fingerprint density at radius 1 is 1.00 bits per heavy atom. The van der Waals surface area contributed by atoms with Crippen LogP contribution in [0.1, 0.15) is 54.3 Å². The number of ketones is 3. The van der Waals surface area contributed by atoms with Gasteiger partial charge in [-0.3, -0.25) is 14.4 Å². The number of carbonyl (C=O) groups is 3. The molecule has 1 aromatic rings. The molecule has 0 radical (unpaired) electrons. The van der Waals surface area contributed by atoms with Crippen LogP contribution in [0.15, 0.2) is 36.4 Å². The molecule has 1 aliphatic carbocycles. The lowest BCUT2D eigenvalue weighted by atomic mass is 9.80. The summed E-state index contributed by atoms with van der Waals surface area (Å²) in [5.41, 5.74) is 0.785. The molecule has 2 rings (SSSR count). The molecule has 21 heavy (non-hydrogen) atoms. The predicted octanol–water partition coefficient (Wildman–Crippen LogP) is 3.63. The van der Waals surface area contributed by atoms with E-state index in [1.165, 1.54) is 6.07 Å². The number of benzene rings is 1. The molecule has 110 valence electrons. The van der Waals surface area contributed by atoms with Crippen molar-refractivity contribution in [3.8, 4) is 0 Å². The lowest BCUT2D eigenvalue weighted by Gasteiger charge is -2.19. The molecular weight excluding hydrogens is 264 g/mol. The van der Waals surface area contributed by atoms with Crippen molar-refractivity contribution >= 4 is 17.3 Å². The van der Waals surface area contributed by atoms with E-state index in [2.05, 4.69) is 20.8 Å². The van der Waals surface area contributed by atoms with Gasteiger partial charge in [0.2, 0.25) is 11.6 Å². The number of hydrogen-bond acceptors (Lipinski definition) is 3. The predicted molar refractivity (Wildman–Crippen MR) is 81.4 cm³/mol. The molecule has 0 aromatic heterocycles. The zero-order valence-electron chi connectivity index (χ0n) is 12.7. The van der Waals surface area contributed by atoms with Crippen LogP contribution in [-0.2, 0) is 4.79 Å². The molecular formula is C18H20O3. The second-order valence-corrected chi connectivity index (χ2v) is 6.61. The number of carbonyl (C=O) groups excluding carboxylic acids is 3. The third kappa shape index (κ3) is 3.35. The summed E-state index contributed by atoms with van der Waals surface area (Å²) in [5, 5.41) is 0. The van der Waals surface area contributed by atoms with Crippen LogP contribution >= 0.6 is 0 Å². The number of Topliss-reactive ketones (excluding diaryl/α,β-unsaturated/α-hetero) is 3. The van der Waals surface area contributed by atoms with E-state index in [0.717, 1.165) is 12.8 Å². The van der Waals surface area contributed by atoms with Crippen LogP contribution in [0.3, 0.4) is 0 Å². The number of allylic oxidation sites excluding steroid dienone is 2. The summed E-state index contributed by atoms with van der Waals surface area (Å²) in [6.07, 6.45) is 5.18. The van der Waals surface area contributed by atoms with E-state index in [0.29, 0.717) is 5.56 Å². The quantitative estimate of drug-likeness (QED) is 0.484. The van der Waals surface area contributed by atoms with E-state index < -0.39 is 17.5 Å². The molecule has 0 N–H and O–H groups in total. The highest BCUT2D eigenvalue weighted by molar-refractivity contribution is 6.52. The van der Waals surface area contributed by atoms with Gasteiger partial charge in [-0.1, -0.05) is 57.2 Å². The van der Waals surface area contributed by atoms with Crippen molar-refractivity contribution in [2.75, 3.05) is 0 Å². The monoisotopic (exact) mass is 284 g/mol. The fourth-order valence-corrected chi connectivity index (χ4v) is 2.38. The van der Waals surface area contributed by atoms with Crippen molar-refractivity contribution in [1.29, 1.82) is 0 Å². The van der Waals surface area contributed by atoms with Crippen molar-refractivity contribution in [3.05, 3.63) is 47.5 Å². The molecule has 1 aromatic carbocycles. The average Bonchev–Trinajstić information content (AvgIpc) is 2.43. The Morgan fingerprint density at radius 2 is 1.62 bits per heavy atom. The van der Waals surface area contributed by atoms with Crippen LogP contribution in [0.2, 0.25) is 0 Å². The largest absolute Gasteiger partial charge is 0.293 e. The van der Waals surface area contributed by atoms with E-state index in [1.54, 1.807) is 24.3 Å². The molecule has 0 spiro atoms. The minimum Gasteiger partial charge on any atom is -0.293 e. The third-order valence-electron chi connectivity index (χ3n) is 3.62. The molecule has 0 bridgehead atoms. The van der Waals surface area contributed by atoms with Crippen LogP contribution in [0, 0.1) is 11.3 Å². The molecule has 1 atom stereocenters. The Balaban J connectivity index is 2.19. The van der Waals surface area contributed by atoms with Gasteiger partial charge in [0.1, 0.15) is 5.92 Å². The molecule has 3 heteroatoms. The number of hydrogen-bond donors (Lipinski definition) is 0. The van der Waals surface area contributed by atoms with Crippen molar-refractivity contribution in [2.24, 2.45) is 11.3 Å². The van der Waals surface area contributed by atoms with Gasteiger partial charge in [0.15, 0.2) is 5.78 Å². The SMILES string of the molecule is CC(C)(C)CCC=CC1C(=O)C(=O)c2ccccc2C1=O. The summed E-state index contributed by atoms with van der Waals surface area (Å²) in [5.74, 6) is -2.41. The van der Waals surface area contributed by atoms with Gasteiger partial charge in [-0.15, -0.1) is 0 Å². The fourth-order valence-electron chi connectivity index (χ4n) is 2.38. The molecule has 0 fully saturated rings. The zero-order valence-corrected chi connectivity index (χ0v) is 12.7. The molecule has 1 aliphatic rings. The maximum absolute atomic E-state index is 12.3. The maximum atomic E-state index is 12.3. The molecule has 0 amide bonds. The molecule has 0 aliphatic heterocycles. The first kappa shape index (κ1) is 15.4. The molecule has 0 saturated heterocycles. The standard InChI is InChI=1S/C18H20O3/c1-18(2,3)11-7-6-10-14-15(19)12-8-4-5-9-13(12)16(20)17(14)21/h4-6,8-10,14H,7,11H2,1-3H3.